The number of carbonyl (C=O) groups is 1. The van der Waals surface area contributed by atoms with Gasteiger partial charge in [-0.05, 0) is 38.5 Å². The zero-order chi connectivity index (χ0) is 10.0. The van der Waals surface area contributed by atoms with Crippen molar-refractivity contribution in [2.45, 2.75) is 6.43 Å². The largest absolute Gasteiger partial charge is 0.298 e. The summed E-state index contributed by atoms with van der Waals surface area (Å²) in [6.45, 7) is 0. The second-order valence-electron chi connectivity index (χ2n) is 2.15. The molecule has 0 unspecified atom stereocenters. The highest BCUT2D eigenvalue weighted by molar-refractivity contribution is 14.1. The van der Waals surface area contributed by atoms with Gasteiger partial charge in [-0.15, -0.1) is 0 Å². The standard InChI is InChI=1S/C7H3BrF2INO/c8-6-4(7(9)10)5(11)3(2-13)1-12-6/h1-2,7H. The molecule has 0 aliphatic heterocycles. The van der Waals surface area contributed by atoms with Crippen molar-refractivity contribution < 1.29 is 13.6 Å². The SMILES string of the molecule is O=Cc1cnc(Br)c(C(F)F)c1I. The fraction of sp³-hybridized carbons (Fsp3) is 0.143. The van der Waals surface area contributed by atoms with E-state index in [1.54, 1.807) is 22.6 Å². The molecule has 0 saturated heterocycles. The number of aldehydes is 1. The zero-order valence-corrected chi connectivity index (χ0v) is 9.84. The molecule has 0 amide bonds. The molecule has 0 saturated carbocycles. The van der Waals surface area contributed by atoms with Crippen LogP contribution < -0.4 is 0 Å². The van der Waals surface area contributed by atoms with Gasteiger partial charge in [0.1, 0.15) is 4.60 Å². The van der Waals surface area contributed by atoms with Crippen LogP contribution in [0.25, 0.3) is 0 Å². The van der Waals surface area contributed by atoms with Crippen LogP contribution in [0, 0.1) is 3.57 Å². The first-order valence-corrected chi connectivity index (χ1v) is 5.02. The molecule has 0 atom stereocenters. The Morgan fingerprint density at radius 2 is 2.23 bits per heavy atom. The Morgan fingerprint density at radius 1 is 1.62 bits per heavy atom. The van der Waals surface area contributed by atoms with Crippen molar-refractivity contribution in [3.8, 4) is 0 Å². The van der Waals surface area contributed by atoms with Crippen molar-refractivity contribution in [3.05, 3.63) is 25.5 Å². The summed E-state index contributed by atoms with van der Waals surface area (Å²) in [4.78, 5) is 14.0. The van der Waals surface area contributed by atoms with Gasteiger partial charge in [-0.3, -0.25) is 4.79 Å². The number of rotatable bonds is 2. The highest BCUT2D eigenvalue weighted by Crippen LogP contribution is 2.31. The van der Waals surface area contributed by atoms with Crippen LogP contribution in [0.2, 0.25) is 0 Å². The minimum atomic E-state index is -2.63. The van der Waals surface area contributed by atoms with Gasteiger partial charge in [0.2, 0.25) is 0 Å². The third-order valence-corrected chi connectivity index (χ3v) is 3.21. The Kier molecular flexibility index (Phi) is 3.72. The summed E-state index contributed by atoms with van der Waals surface area (Å²) >= 11 is 4.60. The van der Waals surface area contributed by atoms with Crippen LogP contribution in [0.15, 0.2) is 10.8 Å². The highest BCUT2D eigenvalue weighted by Gasteiger charge is 2.18. The maximum atomic E-state index is 12.4. The van der Waals surface area contributed by atoms with Gasteiger partial charge in [0.15, 0.2) is 6.29 Å². The third-order valence-electron chi connectivity index (χ3n) is 1.37. The predicted octanol–water partition coefficient (Wildman–Crippen LogP) is 3.20. The fourth-order valence-corrected chi connectivity index (χ4v) is 2.37. The quantitative estimate of drug-likeness (QED) is 0.460. The van der Waals surface area contributed by atoms with E-state index in [1.807, 2.05) is 0 Å². The summed E-state index contributed by atoms with van der Waals surface area (Å²) in [5, 5.41) is 0. The van der Waals surface area contributed by atoms with Crippen molar-refractivity contribution in [2.24, 2.45) is 0 Å². The molecular formula is C7H3BrF2INO. The van der Waals surface area contributed by atoms with Crippen LogP contribution in [-0.2, 0) is 0 Å². The van der Waals surface area contributed by atoms with Crippen molar-refractivity contribution >= 4 is 44.8 Å². The van der Waals surface area contributed by atoms with Crippen LogP contribution in [-0.4, -0.2) is 11.3 Å². The van der Waals surface area contributed by atoms with Gasteiger partial charge in [0.05, 0.1) is 5.56 Å². The van der Waals surface area contributed by atoms with E-state index in [2.05, 4.69) is 20.9 Å². The Hall–Kier alpha value is -0.110. The molecule has 70 valence electrons. The lowest BCUT2D eigenvalue weighted by molar-refractivity contribution is 0.112. The molecule has 0 aliphatic rings. The number of hydrogen-bond donors (Lipinski definition) is 0. The summed E-state index contributed by atoms with van der Waals surface area (Å²) < 4.78 is 25.1. The molecule has 0 bridgehead atoms. The lowest BCUT2D eigenvalue weighted by Crippen LogP contribution is -1.99. The van der Waals surface area contributed by atoms with Gasteiger partial charge < -0.3 is 0 Å². The zero-order valence-electron chi connectivity index (χ0n) is 6.10. The number of hydrogen-bond acceptors (Lipinski definition) is 2. The van der Waals surface area contributed by atoms with E-state index in [0.717, 1.165) is 0 Å². The Bertz CT molecular complexity index is 346. The molecule has 1 heterocycles. The van der Waals surface area contributed by atoms with Crippen LogP contribution in [0.3, 0.4) is 0 Å². The molecule has 0 aromatic carbocycles. The number of aromatic nitrogens is 1. The van der Waals surface area contributed by atoms with Gasteiger partial charge >= 0.3 is 0 Å². The molecule has 6 heteroatoms. The van der Waals surface area contributed by atoms with E-state index in [4.69, 9.17) is 0 Å². The molecule has 2 nitrogen and oxygen atoms in total. The van der Waals surface area contributed by atoms with Gasteiger partial charge in [0, 0.05) is 15.3 Å². The van der Waals surface area contributed by atoms with Gasteiger partial charge in [-0.1, -0.05) is 0 Å². The average molecular weight is 362 g/mol. The third kappa shape index (κ3) is 2.22. The number of carbonyl (C=O) groups excluding carboxylic acids is 1. The Morgan fingerprint density at radius 3 is 2.69 bits per heavy atom. The first-order chi connectivity index (χ1) is 6.07. The van der Waals surface area contributed by atoms with E-state index in [0.29, 0.717) is 6.29 Å². The summed E-state index contributed by atoms with van der Waals surface area (Å²) in [7, 11) is 0. The molecule has 0 radical (unpaired) electrons. The predicted molar refractivity (Wildman–Crippen MR) is 55.0 cm³/mol. The summed E-state index contributed by atoms with van der Waals surface area (Å²) in [6.07, 6.45) is -0.869. The van der Waals surface area contributed by atoms with Crippen molar-refractivity contribution in [1.29, 1.82) is 0 Å². The number of nitrogens with zero attached hydrogens (tertiary/aromatic N) is 1. The molecule has 0 spiro atoms. The molecule has 1 aromatic rings. The molecular weight excluding hydrogens is 359 g/mol. The minimum absolute atomic E-state index is 0.0810. The Balaban J connectivity index is 3.38. The Labute approximate surface area is 95.0 Å². The molecule has 1 aromatic heterocycles. The second kappa shape index (κ2) is 4.41. The van der Waals surface area contributed by atoms with Crippen LogP contribution in [0.5, 0.6) is 0 Å². The van der Waals surface area contributed by atoms with E-state index in [1.165, 1.54) is 6.20 Å². The maximum absolute atomic E-state index is 12.4. The van der Waals surface area contributed by atoms with Crippen LogP contribution in [0.1, 0.15) is 22.3 Å². The van der Waals surface area contributed by atoms with Gasteiger partial charge in [-0.2, -0.15) is 0 Å². The minimum Gasteiger partial charge on any atom is -0.298 e. The van der Waals surface area contributed by atoms with Crippen LogP contribution in [0.4, 0.5) is 8.78 Å². The lowest BCUT2D eigenvalue weighted by Gasteiger charge is -2.06. The summed E-state index contributed by atoms with van der Waals surface area (Å²) in [5.41, 5.74) is -0.0516. The van der Waals surface area contributed by atoms with E-state index >= 15 is 0 Å². The van der Waals surface area contributed by atoms with Crippen molar-refractivity contribution in [1.82, 2.24) is 4.98 Å². The highest BCUT2D eigenvalue weighted by atomic mass is 127. The van der Waals surface area contributed by atoms with Crippen molar-refractivity contribution in [2.75, 3.05) is 0 Å². The normalized spacial score (nSPS) is 10.5. The van der Waals surface area contributed by atoms with E-state index in [-0.39, 0.29) is 19.3 Å². The maximum Gasteiger partial charge on any atom is 0.267 e. The van der Waals surface area contributed by atoms with Gasteiger partial charge in [-0.25, -0.2) is 13.8 Å². The summed E-state index contributed by atoms with van der Waals surface area (Å²) in [6, 6.07) is 0. The molecule has 0 fully saturated rings. The second-order valence-corrected chi connectivity index (χ2v) is 3.98. The smallest absolute Gasteiger partial charge is 0.267 e. The fourth-order valence-electron chi connectivity index (χ4n) is 0.766. The topological polar surface area (TPSA) is 30.0 Å². The number of alkyl halides is 2. The monoisotopic (exact) mass is 361 g/mol. The van der Waals surface area contributed by atoms with Crippen molar-refractivity contribution in [3.63, 3.8) is 0 Å². The molecule has 13 heavy (non-hydrogen) atoms. The van der Waals surface area contributed by atoms with Gasteiger partial charge in [0.25, 0.3) is 6.43 Å². The molecule has 1 rings (SSSR count). The number of halogens is 4. The average Bonchev–Trinajstić information content (AvgIpc) is 2.04. The van der Waals surface area contributed by atoms with E-state index in [9.17, 15) is 13.6 Å². The lowest BCUT2D eigenvalue weighted by atomic mass is 10.2. The molecule has 0 N–H and O–H groups in total. The molecule has 0 aliphatic carbocycles. The van der Waals surface area contributed by atoms with E-state index < -0.39 is 6.43 Å². The van der Waals surface area contributed by atoms with Crippen LogP contribution >= 0.6 is 38.5 Å². The first kappa shape index (κ1) is 11.0. The summed E-state index contributed by atoms with van der Waals surface area (Å²) in [5.74, 6) is 0. The first-order valence-electron chi connectivity index (χ1n) is 3.15. The number of pyridine rings is 1.